The quantitative estimate of drug-likeness (QED) is 0.767. The van der Waals surface area contributed by atoms with Crippen molar-refractivity contribution in [2.45, 2.75) is 18.7 Å². The molecule has 0 saturated carbocycles. The van der Waals surface area contributed by atoms with Gasteiger partial charge in [-0.05, 0) is 48.4 Å². The van der Waals surface area contributed by atoms with E-state index in [9.17, 15) is 13.2 Å². The van der Waals surface area contributed by atoms with Crippen LogP contribution in [0.3, 0.4) is 0 Å². The zero-order chi connectivity index (χ0) is 18.6. The van der Waals surface area contributed by atoms with Gasteiger partial charge in [-0.1, -0.05) is 25.4 Å². The van der Waals surface area contributed by atoms with E-state index in [4.69, 9.17) is 22.1 Å². The van der Waals surface area contributed by atoms with Crippen molar-refractivity contribution in [1.82, 2.24) is 0 Å². The summed E-state index contributed by atoms with van der Waals surface area (Å²) < 4.78 is 32.8. The molecule has 0 aromatic heterocycles. The van der Waals surface area contributed by atoms with Crippen molar-refractivity contribution in [3.05, 3.63) is 53.1 Å². The molecule has 0 radical (unpaired) electrons. The van der Waals surface area contributed by atoms with Gasteiger partial charge in [0.1, 0.15) is 5.75 Å². The second-order valence-corrected chi connectivity index (χ2v) is 7.93. The third-order valence-corrected chi connectivity index (χ3v) is 4.90. The Morgan fingerprint density at radius 1 is 1.20 bits per heavy atom. The molecule has 25 heavy (non-hydrogen) atoms. The summed E-state index contributed by atoms with van der Waals surface area (Å²) in [5.74, 6) is 0.211. The minimum atomic E-state index is -3.81. The van der Waals surface area contributed by atoms with E-state index < -0.39 is 15.9 Å². The molecule has 0 aliphatic carbocycles. The number of benzene rings is 2. The number of carbonyl (C=O) groups is 1. The van der Waals surface area contributed by atoms with Gasteiger partial charge >= 0.3 is 0 Å². The topological polar surface area (TPSA) is 98.5 Å². The van der Waals surface area contributed by atoms with Gasteiger partial charge in [-0.3, -0.25) is 9.52 Å². The van der Waals surface area contributed by atoms with Crippen LogP contribution in [0.25, 0.3) is 0 Å². The zero-order valence-corrected chi connectivity index (χ0v) is 15.4. The average Bonchev–Trinajstić information content (AvgIpc) is 2.53. The second-order valence-electron chi connectivity index (χ2n) is 5.84. The molecule has 134 valence electrons. The van der Waals surface area contributed by atoms with Crippen molar-refractivity contribution >= 4 is 33.2 Å². The van der Waals surface area contributed by atoms with E-state index in [1.807, 2.05) is 13.8 Å². The molecule has 0 fully saturated rings. The summed E-state index contributed by atoms with van der Waals surface area (Å²) in [6, 6.07) is 9.98. The van der Waals surface area contributed by atoms with E-state index in [1.54, 1.807) is 12.1 Å². The Kier molecular flexibility index (Phi) is 5.92. The van der Waals surface area contributed by atoms with E-state index in [1.165, 1.54) is 30.3 Å². The molecule has 0 aliphatic heterocycles. The summed E-state index contributed by atoms with van der Waals surface area (Å²) >= 11 is 6.13. The number of halogens is 1. The Morgan fingerprint density at radius 2 is 1.84 bits per heavy atom. The van der Waals surface area contributed by atoms with Crippen LogP contribution in [0.15, 0.2) is 47.4 Å². The van der Waals surface area contributed by atoms with Crippen molar-refractivity contribution < 1.29 is 17.9 Å². The minimum Gasteiger partial charge on any atom is -0.492 e. The van der Waals surface area contributed by atoms with Crippen LogP contribution in [0.2, 0.25) is 5.02 Å². The van der Waals surface area contributed by atoms with E-state index in [0.29, 0.717) is 29.0 Å². The number of hydrogen-bond acceptors (Lipinski definition) is 4. The van der Waals surface area contributed by atoms with Gasteiger partial charge in [-0.25, -0.2) is 8.42 Å². The SMILES string of the molecule is CC(C)COc1ccc(NS(=O)(=O)c2ccc(C(N)=O)cc2)cc1Cl. The largest absolute Gasteiger partial charge is 0.492 e. The summed E-state index contributed by atoms with van der Waals surface area (Å²) in [6.07, 6.45) is 0. The van der Waals surface area contributed by atoms with Gasteiger partial charge in [0.25, 0.3) is 10.0 Å². The van der Waals surface area contributed by atoms with Gasteiger partial charge in [0, 0.05) is 5.56 Å². The van der Waals surface area contributed by atoms with Gasteiger partial charge in [-0.15, -0.1) is 0 Å². The van der Waals surface area contributed by atoms with Crippen molar-refractivity contribution in [3.63, 3.8) is 0 Å². The highest BCUT2D eigenvalue weighted by Gasteiger charge is 2.15. The molecule has 2 rings (SSSR count). The molecule has 0 aliphatic rings. The molecule has 0 spiro atoms. The molecule has 0 heterocycles. The van der Waals surface area contributed by atoms with E-state index in [-0.39, 0.29) is 10.5 Å². The summed E-state index contributed by atoms with van der Waals surface area (Å²) in [7, 11) is -3.81. The third-order valence-electron chi connectivity index (χ3n) is 3.21. The zero-order valence-electron chi connectivity index (χ0n) is 13.8. The highest BCUT2D eigenvalue weighted by atomic mass is 35.5. The molecule has 0 unspecified atom stereocenters. The molecule has 2 aromatic rings. The monoisotopic (exact) mass is 382 g/mol. The molecule has 0 saturated heterocycles. The highest BCUT2D eigenvalue weighted by Crippen LogP contribution is 2.29. The maximum atomic E-state index is 12.4. The van der Waals surface area contributed by atoms with Crippen LogP contribution in [0, 0.1) is 5.92 Å². The summed E-state index contributed by atoms with van der Waals surface area (Å²) in [4.78, 5) is 11.1. The van der Waals surface area contributed by atoms with E-state index >= 15 is 0 Å². The van der Waals surface area contributed by atoms with Crippen LogP contribution in [0.1, 0.15) is 24.2 Å². The maximum Gasteiger partial charge on any atom is 0.261 e. The van der Waals surface area contributed by atoms with Crippen LogP contribution in [0.4, 0.5) is 5.69 Å². The first kappa shape index (κ1) is 19.1. The fourth-order valence-electron chi connectivity index (χ4n) is 1.95. The Balaban J connectivity index is 2.17. The predicted octanol–water partition coefficient (Wildman–Crippen LogP) is 3.27. The van der Waals surface area contributed by atoms with Gasteiger partial charge in [0.2, 0.25) is 5.91 Å². The molecule has 8 heteroatoms. The smallest absolute Gasteiger partial charge is 0.261 e. The fourth-order valence-corrected chi connectivity index (χ4v) is 3.23. The Morgan fingerprint density at radius 3 is 2.36 bits per heavy atom. The second kappa shape index (κ2) is 7.76. The lowest BCUT2D eigenvalue weighted by atomic mass is 10.2. The number of anilines is 1. The number of sulfonamides is 1. The van der Waals surface area contributed by atoms with Crippen LogP contribution < -0.4 is 15.2 Å². The molecule has 3 N–H and O–H groups in total. The number of nitrogens with one attached hydrogen (secondary N) is 1. The van der Waals surface area contributed by atoms with Crippen molar-refractivity contribution in [3.8, 4) is 5.75 Å². The number of rotatable bonds is 7. The van der Waals surface area contributed by atoms with Crippen LogP contribution in [0.5, 0.6) is 5.75 Å². The van der Waals surface area contributed by atoms with Gasteiger partial charge < -0.3 is 10.5 Å². The highest BCUT2D eigenvalue weighted by molar-refractivity contribution is 7.92. The molecular formula is C17H19ClN2O4S. The standard InChI is InChI=1S/C17H19ClN2O4S/c1-11(2)10-24-16-8-5-13(9-15(16)18)20-25(22,23)14-6-3-12(4-7-14)17(19)21/h3-9,11,20H,10H2,1-2H3,(H2,19,21). The van der Waals surface area contributed by atoms with E-state index in [0.717, 1.165) is 0 Å². The number of carbonyl (C=O) groups excluding carboxylic acids is 1. The normalized spacial score (nSPS) is 11.4. The molecule has 0 bridgehead atoms. The molecule has 1 amide bonds. The van der Waals surface area contributed by atoms with Crippen molar-refractivity contribution in [2.24, 2.45) is 11.7 Å². The number of nitrogens with two attached hydrogens (primary N) is 1. The number of amides is 1. The van der Waals surface area contributed by atoms with Gasteiger partial charge in [0.15, 0.2) is 0 Å². The predicted molar refractivity (Wildman–Crippen MR) is 97.6 cm³/mol. The Bertz CT molecular complexity index is 865. The Hall–Kier alpha value is -2.25. The maximum absolute atomic E-state index is 12.4. The number of ether oxygens (including phenoxy) is 1. The fraction of sp³-hybridized carbons (Fsp3) is 0.235. The van der Waals surface area contributed by atoms with Crippen LogP contribution in [-0.4, -0.2) is 20.9 Å². The first-order chi connectivity index (χ1) is 11.7. The van der Waals surface area contributed by atoms with Gasteiger partial charge in [-0.2, -0.15) is 0 Å². The average molecular weight is 383 g/mol. The van der Waals surface area contributed by atoms with Crippen molar-refractivity contribution in [1.29, 1.82) is 0 Å². The molecule has 0 atom stereocenters. The lowest BCUT2D eigenvalue weighted by molar-refractivity contribution is 0.1000. The lowest BCUT2D eigenvalue weighted by Gasteiger charge is -2.12. The first-order valence-corrected chi connectivity index (χ1v) is 9.40. The summed E-state index contributed by atoms with van der Waals surface area (Å²) in [5.41, 5.74) is 5.68. The summed E-state index contributed by atoms with van der Waals surface area (Å²) in [5, 5.41) is 0.310. The first-order valence-electron chi connectivity index (χ1n) is 7.54. The molecule has 6 nitrogen and oxygen atoms in total. The minimum absolute atomic E-state index is 0.00811. The lowest BCUT2D eigenvalue weighted by Crippen LogP contribution is -2.14. The van der Waals surface area contributed by atoms with Crippen molar-refractivity contribution in [2.75, 3.05) is 11.3 Å². The van der Waals surface area contributed by atoms with Crippen LogP contribution in [-0.2, 0) is 10.0 Å². The number of hydrogen-bond donors (Lipinski definition) is 2. The molecule has 2 aromatic carbocycles. The van der Waals surface area contributed by atoms with Gasteiger partial charge in [0.05, 0.1) is 22.2 Å². The Labute approximate surface area is 152 Å². The number of primary amides is 1. The molecular weight excluding hydrogens is 364 g/mol. The third kappa shape index (κ3) is 5.11. The summed E-state index contributed by atoms with van der Waals surface area (Å²) in [6.45, 7) is 4.54. The van der Waals surface area contributed by atoms with E-state index in [2.05, 4.69) is 4.72 Å². The van der Waals surface area contributed by atoms with Crippen LogP contribution >= 0.6 is 11.6 Å².